The topological polar surface area (TPSA) is 113 Å². The Hall–Kier alpha value is -3.92. The number of carbonyl (C=O) groups is 2. The molecule has 7 rings (SSSR count). The molecule has 1 saturated carbocycles. The number of H-pyrrole nitrogens is 1. The van der Waals surface area contributed by atoms with E-state index < -0.39 is 0 Å². The number of imidazole rings is 1. The zero-order valence-electron chi connectivity index (χ0n) is 21.4. The van der Waals surface area contributed by atoms with Gasteiger partial charge in [0, 0.05) is 48.2 Å². The minimum absolute atomic E-state index is 0.151. The van der Waals surface area contributed by atoms with E-state index in [1.165, 1.54) is 24.5 Å². The minimum Gasteiger partial charge on any atom is -0.398 e. The highest BCUT2D eigenvalue weighted by Crippen LogP contribution is 2.41. The standard InChI is InChI=1S/C29H28BrN7O2/c1-2-24(38)35-11-9-21-26-22(37(34-21)18-7-5-17(6-8-18)16-3-4-16)10-12-36(23(26)14-35)29(39)25-20(31)13-19(30)27-28(25)33-15-32-27/h2,5-8,13,15-16,23H,1,3-4,9-12,14,31H2,(H,32,33). The number of benzene rings is 2. The van der Waals surface area contributed by atoms with E-state index in [1.807, 2.05) is 9.58 Å². The predicted octanol–water partition coefficient (Wildman–Crippen LogP) is 4.28. The van der Waals surface area contributed by atoms with Crippen LogP contribution < -0.4 is 5.73 Å². The molecular formula is C29H28BrN7O2. The van der Waals surface area contributed by atoms with Crippen LogP contribution in [0, 0.1) is 0 Å². The summed E-state index contributed by atoms with van der Waals surface area (Å²) in [6, 6.07) is 10.1. The average molecular weight is 586 g/mol. The fourth-order valence-electron chi connectivity index (χ4n) is 6.15. The number of amides is 2. The number of halogens is 1. The Bertz CT molecular complexity index is 1650. The van der Waals surface area contributed by atoms with Crippen molar-refractivity contribution in [2.75, 3.05) is 25.4 Å². The predicted molar refractivity (Wildman–Crippen MR) is 152 cm³/mol. The molecule has 10 heteroatoms. The summed E-state index contributed by atoms with van der Waals surface area (Å²) in [5, 5.41) is 5.06. The van der Waals surface area contributed by atoms with Crippen molar-refractivity contribution >= 4 is 44.5 Å². The molecule has 39 heavy (non-hydrogen) atoms. The number of hydrogen-bond donors (Lipinski definition) is 2. The summed E-state index contributed by atoms with van der Waals surface area (Å²) >= 11 is 3.50. The van der Waals surface area contributed by atoms with Crippen LogP contribution in [0.15, 0.2) is 53.8 Å². The van der Waals surface area contributed by atoms with Crippen LogP contribution in [0.5, 0.6) is 0 Å². The molecule has 2 aromatic carbocycles. The Morgan fingerprint density at radius 2 is 1.95 bits per heavy atom. The molecular weight excluding hydrogens is 558 g/mol. The maximum absolute atomic E-state index is 14.2. The molecule has 2 aliphatic heterocycles. The number of aromatic nitrogens is 4. The van der Waals surface area contributed by atoms with Gasteiger partial charge in [-0.15, -0.1) is 0 Å². The molecule has 0 radical (unpaired) electrons. The van der Waals surface area contributed by atoms with Gasteiger partial charge in [0.25, 0.3) is 5.91 Å². The van der Waals surface area contributed by atoms with Crippen molar-refractivity contribution in [3.63, 3.8) is 0 Å². The number of fused-ring (bicyclic) bond motifs is 1. The van der Waals surface area contributed by atoms with E-state index in [1.54, 1.807) is 17.3 Å². The summed E-state index contributed by atoms with van der Waals surface area (Å²) < 4.78 is 2.77. The first kappa shape index (κ1) is 24.1. The molecule has 0 saturated heterocycles. The number of nitrogens with two attached hydrogens (primary N) is 1. The van der Waals surface area contributed by atoms with Crippen molar-refractivity contribution in [2.45, 2.75) is 37.6 Å². The maximum atomic E-state index is 14.2. The fraction of sp³-hybridized carbons (Fsp3) is 0.310. The Balaban J connectivity index is 1.33. The first-order valence-corrected chi connectivity index (χ1v) is 14.1. The molecule has 9 nitrogen and oxygen atoms in total. The second-order valence-corrected chi connectivity index (χ2v) is 11.4. The molecule has 1 unspecified atom stereocenters. The third-order valence-electron chi connectivity index (χ3n) is 8.24. The lowest BCUT2D eigenvalue weighted by atomic mass is 9.94. The van der Waals surface area contributed by atoms with Crippen LogP contribution in [0.4, 0.5) is 5.69 Å². The molecule has 1 atom stereocenters. The number of nitrogen functional groups attached to an aromatic ring is 1. The van der Waals surface area contributed by atoms with Crippen LogP contribution in [-0.2, 0) is 17.6 Å². The summed E-state index contributed by atoms with van der Waals surface area (Å²) in [6.07, 6.45) is 6.68. The van der Waals surface area contributed by atoms with Crippen LogP contribution in [0.25, 0.3) is 16.7 Å². The first-order valence-electron chi connectivity index (χ1n) is 13.3. The number of anilines is 1. The molecule has 198 valence electrons. The summed E-state index contributed by atoms with van der Waals surface area (Å²) in [6.45, 7) is 5.04. The smallest absolute Gasteiger partial charge is 0.258 e. The second-order valence-electron chi connectivity index (χ2n) is 10.5. The highest BCUT2D eigenvalue weighted by atomic mass is 79.9. The van der Waals surface area contributed by atoms with Crippen LogP contribution >= 0.6 is 15.9 Å². The minimum atomic E-state index is -0.358. The summed E-state index contributed by atoms with van der Waals surface area (Å²) in [4.78, 5) is 38.1. The van der Waals surface area contributed by atoms with Gasteiger partial charge in [-0.2, -0.15) is 5.10 Å². The molecule has 3 aliphatic rings. The zero-order chi connectivity index (χ0) is 26.8. The van der Waals surface area contributed by atoms with E-state index in [0.717, 1.165) is 27.1 Å². The van der Waals surface area contributed by atoms with Gasteiger partial charge in [0.1, 0.15) is 5.52 Å². The largest absolute Gasteiger partial charge is 0.398 e. The van der Waals surface area contributed by atoms with Gasteiger partial charge in [0.2, 0.25) is 5.91 Å². The summed E-state index contributed by atoms with van der Waals surface area (Å²) in [5.74, 6) is 0.351. The molecule has 2 aromatic heterocycles. The van der Waals surface area contributed by atoms with Crippen molar-refractivity contribution < 1.29 is 9.59 Å². The quantitative estimate of drug-likeness (QED) is 0.274. The molecule has 1 fully saturated rings. The normalized spacial score (nSPS) is 18.6. The average Bonchev–Trinajstić information content (AvgIpc) is 3.61. The number of hydrogen-bond acceptors (Lipinski definition) is 5. The highest BCUT2D eigenvalue weighted by molar-refractivity contribution is 9.10. The maximum Gasteiger partial charge on any atom is 0.258 e. The molecule has 1 aliphatic carbocycles. The SMILES string of the molecule is C=CC(=O)N1CCc2nn(-c3ccc(C4CC4)cc3)c3c2C(C1)N(C(=O)c1c(N)cc(Br)c2nc[nH]c12)CC3. The third kappa shape index (κ3) is 3.88. The van der Waals surface area contributed by atoms with Gasteiger partial charge >= 0.3 is 0 Å². The van der Waals surface area contributed by atoms with Crippen molar-refractivity contribution in [2.24, 2.45) is 0 Å². The lowest BCUT2D eigenvalue weighted by Crippen LogP contribution is -2.46. The van der Waals surface area contributed by atoms with Gasteiger partial charge in [0.05, 0.1) is 40.5 Å². The van der Waals surface area contributed by atoms with Crippen LogP contribution in [0.1, 0.15) is 57.7 Å². The van der Waals surface area contributed by atoms with Crippen molar-refractivity contribution in [1.29, 1.82) is 0 Å². The van der Waals surface area contributed by atoms with Gasteiger partial charge < -0.3 is 20.5 Å². The van der Waals surface area contributed by atoms with E-state index in [9.17, 15) is 9.59 Å². The lowest BCUT2D eigenvalue weighted by molar-refractivity contribution is -0.126. The van der Waals surface area contributed by atoms with Gasteiger partial charge in [-0.05, 0) is 64.5 Å². The Labute approximate surface area is 233 Å². The fourth-order valence-corrected chi connectivity index (χ4v) is 6.69. The number of nitrogens with one attached hydrogen (secondary N) is 1. The van der Waals surface area contributed by atoms with Crippen molar-refractivity contribution in [1.82, 2.24) is 29.5 Å². The van der Waals surface area contributed by atoms with Crippen LogP contribution in [-0.4, -0.2) is 61.0 Å². The van der Waals surface area contributed by atoms with E-state index in [4.69, 9.17) is 10.8 Å². The van der Waals surface area contributed by atoms with Gasteiger partial charge in [-0.25, -0.2) is 9.67 Å². The third-order valence-corrected chi connectivity index (χ3v) is 8.85. The first-order chi connectivity index (χ1) is 18.9. The molecule has 3 N–H and O–H groups in total. The summed E-state index contributed by atoms with van der Waals surface area (Å²) in [5.41, 5.74) is 13.9. The highest BCUT2D eigenvalue weighted by Gasteiger charge is 2.41. The molecule has 4 aromatic rings. The van der Waals surface area contributed by atoms with E-state index >= 15 is 0 Å². The Morgan fingerprint density at radius 1 is 1.15 bits per heavy atom. The van der Waals surface area contributed by atoms with Gasteiger partial charge in [-0.1, -0.05) is 18.7 Å². The van der Waals surface area contributed by atoms with Gasteiger partial charge in [-0.3, -0.25) is 9.59 Å². The van der Waals surface area contributed by atoms with Crippen LogP contribution in [0.3, 0.4) is 0 Å². The second kappa shape index (κ2) is 9.08. The number of carbonyl (C=O) groups excluding carboxylic acids is 2. The number of aromatic amines is 1. The lowest BCUT2D eigenvalue weighted by Gasteiger charge is -2.38. The van der Waals surface area contributed by atoms with E-state index in [0.29, 0.717) is 60.7 Å². The van der Waals surface area contributed by atoms with Crippen LogP contribution in [0.2, 0.25) is 0 Å². The number of rotatable bonds is 4. The van der Waals surface area contributed by atoms with E-state index in [-0.39, 0.29) is 17.9 Å². The monoisotopic (exact) mass is 585 g/mol. The Kier molecular flexibility index (Phi) is 5.62. The number of nitrogens with zero attached hydrogens (tertiary/aromatic N) is 5. The van der Waals surface area contributed by atoms with Crippen molar-refractivity contribution in [3.8, 4) is 5.69 Å². The molecule has 0 spiro atoms. The molecule has 4 heterocycles. The zero-order valence-corrected chi connectivity index (χ0v) is 22.9. The Morgan fingerprint density at radius 3 is 2.69 bits per heavy atom. The molecule has 2 amide bonds. The van der Waals surface area contributed by atoms with Gasteiger partial charge in [0.15, 0.2) is 0 Å². The summed E-state index contributed by atoms with van der Waals surface area (Å²) in [7, 11) is 0. The van der Waals surface area contributed by atoms with Crippen molar-refractivity contribution in [3.05, 3.63) is 81.9 Å². The molecule has 0 bridgehead atoms. The van der Waals surface area contributed by atoms with E-state index in [2.05, 4.69) is 56.7 Å².